The van der Waals surface area contributed by atoms with Crippen molar-refractivity contribution in [1.82, 2.24) is 0 Å². The van der Waals surface area contributed by atoms with Crippen molar-refractivity contribution in [2.75, 3.05) is 7.11 Å². The van der Waals surface area contributed by atoms with Gasteiger partial charge in [0.1, 0.15) is 5.75 Å². The van der Waals surface area contributed by atoms with E-state index < -0.39 is 17.5 Å². The molecule has 1 aromatic carbocycles. The lowest BCUT2D eigenvalue weighted by Crippen LogP contribution is -2.32. The summed E-state index contributed by atoms with van der Waals surface area (Å²) in [6.07, 6.45) is -4.24. The molecule has 1 rings (SSSR count). The van der Waals surface area contributed by atoms with Crippen LogP contribution in [0, 0.1) is 5.41 Å². The van der Waals surface area contributed by atoms with E-state index in [4.69, 9.17) is 4.74 Å². The maximum absolute atomic E-state index is 13.1. The Morgan fingerprint density at radius 2 is 1.47 bits per heavy atom. The third kappa shape index (κ3) is 3.38. The van der Waals surface area contributed by atoms with Gasteiger partial charge in [0.05, 0.1) is 13.0 Å². The molecule has 0 spiro atoms. The van der Waals surface area contributed by atoms with Gasteiger partial charge in [0.25, 0.3) is 0 Å². The van der Waals surface area contributed by atoms with Crippen LogP contribution >= 0.6 is 0 Å². The van der Waals surface area contributed by atoms with E-state index in [2.05, 4.69) is 0 Å². The van der Waals surface area contributed by atoms with E-state index >= 15 is 0 Å². The molecule has 1 unspecified atom stereocenters. The van der Waals surface area contributed by atoms with E-state index in [0.717, 1.165) is 0 Å². The number of methoxy groups -OCH3 is 1. The molecular weight excluding hydrogens is 229 g/mol. The highest BCUT2D eigenvalue weighted by Gasteiger charge is 2.47. The van der Waals surface area contributed by atoms with Gasteiger partial charge < -0.3 is 4.74 Å². The van der Waals surface area contributed by atoms with Crippen LogP contribution in [0.2, 0.25) is 0 Å². The summed E-state index contributed by atoms with van der Waals surface area (Å²) >= 11 is 0. The molecule has 1 aromatic rings. The Hall–Kier alpha value is -1.19. The largest absolute Gasteiger partial charge is 0.497 e. The summed E-state index contributed by atoms with van der Waals surface area (Å²) < 4.78 is 44.1. The summed E-state index contributed by atoms with van der Waals surface area (Å²) in [7, 11) is 1.49. The van der Waals surface area contributed by atoms with E-state index in [1.165, 1.54) is 19.2 Å². The lowest BCUT2D eigenvalue weighted by molar-refractivity contribution is -0.171. The molecule has 0 fully saturated rings. The van der Waals surface area contributed by atoms with Crippen molar-refractivity contribution in [1.29, 1.82) is 0 Å². The van der Waals surface area contributed by atoms with Gasteiger partial charge in [-0.1, -0.05) is 32.9 Å². The van der Waals surface area contributed by atoms with E-state index in [-0.39, 0.29) is 5.56 Å². The summed E-state index contributed by atoms with van der Waals surface area (Å²) in [6.45, 7) is 4.78. The third-order valence-electron chi connectivity index (χ3n) is 2.64. The molecule has 0 aliphatic heterocycles. The van der Waals surface area contributed by atoms with Crippen LogP contribution in [-0.4, -0.2) is 13.3 Å². The molecule has 0 aliphatic rings. The normalized spacial score (nSPS) is 14.5. The van der Waals surface area contributed by atoms with Crippen molar-refractivity contribution < 1.29 is 17.9 Å². The lowest BCUT2D eigenvalue weighted by atomic mass is 9.76. The second-order valence-electron chi connectivity index (χ2n) is 5.11. The first-order valence-electron chi connectivity index (χ1n) is 5.37. The SMILES string of the molecule is COc1ccc(C(C(C)(C)C)C(F)(F)F)cc1. The van der Waals surface area contributed by atoms with Crippen molar-refractivity contribution in [3.05, 3.63) is 29.8 Å². The number of rotatable bonds is 2. The molecule has 0 saturated heterocycles. The molecule has 0 radical (unpaired) electrons. The molecule has 0 N–H and O–H groups in total. The van der Waals surface area contributed by atoms with Crippen molar-refractivity contribution in [2.45, 2.75) is 32.9 Å². The summed E-state index contributed by atoms with van der Waals surface area (Å²) in [6, 6.07) is 6.06. The molecule has 0 heterocycles. The maximum atomic E-state index is 13.1. The van der Waals surface area contributed by atoms with Gasteiger partial charge >= 0.3 is 6.18 Å². The molecule has 96 valence electrons. The smallest absolute Gasteiger partial charge is 0.396 e. The standard InChI is InChI=1S/C13H17F3O/c1-12(2,3)11(13(14,15)16)9-5-7-10(17-4)8-6-9/h5-8,11H,1-4H3. The van der Waals surface area contributed by atoms with Crippen molar-refractivity contribution in [2.24, 2.45) is 5.41 Å². The van der Waals surface area contributed by atoms with Gasteiger partial charge in [0.2, 0.25) is 0 Å². The molecule has 17 heavy (non-hydrogen) atoms. The van der Waals surface area contributed by atoms with Crippen LogP contribution in [0.3, 0.4) is 0 Å². The van der Waals surface area contributed by atoms with Crippen LogP contribution in [-0.2, 0) is 0 Å². The zero-order chi connectivity index (χ0) is 13.3. The van der Waals surface area contributed by atoms with Gasteiger partial charge in [0.15, 0.2) is 0 Å². The Labute approximate surface area is 99.6 Å². The minimum atomic E-state index is -4.24. The van der Waals surface area contributed by atoms with Crippen LogP contribution in [0.15, 0.2) is 24.3 Å². The fourth-order valence-electron chi connectivity index (χ4n) is 1.98. The maximum Gasteiger partial charge on any atom is 0.396 e. The summed E-state index contributed by atoms with van der Waals surface area (Å²) in [5, 5.41) is 0. The summed E-state index contributed by atoms with van der Waals surface area (Å²) in [5.74, 6) is -0.913. The van der Waals surface area contributed by atoms with Gasteiger partial charge in [-0.25, -0.2) is 0 Å². The fraction of sp³-hybridized carbons (Fsp3) is 0.538. The number of halogens is 3. The van der Waals surface area contributed by atoms with E-state index in [0.29, 0.717) is 5.75 Å². The first kappa shape index (κ1) is 13.9. The van der Waals surface area contributed by atoms with Crippen LogP contribution in [0.1, 0.15) is 32.3 Å². The van der Waals surface area contributed by atoms with Crippen molar-refractivity contribution in [3.8, 4) is 5.75 Å². The van der Waals surface area contributed by atoms with Crippen LogP contribution in [0.4, 0.5) is 13.2 Å². The zero-order valence-electron chi connectivity index (χ0n) is 10.4. The molecule has 0 amide bonds. The third-order valence-corrected chi connectivity index (χ3v) is 2.64. The Balaban J connectivity index is 3.14. The van der Waals surface area contributed by atoms with E-state index in [1.54, 1.807) is 32.9 Å². The van der Waals surface area contributed by atoms with Crippen molar-refractivity contribution >= 4 is 0 Å². The van der Waals surface area contributed by atoms with E-state index in [9.17, 15) is 13.2 Å². The van der Waals surface area contributed by atoms with Crippen LogP contribution in [0.5, 0.6) is 5.75 Å². The number of hydrogen-bond donors (Lipinski definition) is 0. The van der Waals surface area contributed by atoms with Gasteiger partial charge in [-0.2, -0.15) is 13.2 Å². The topological polar surface area (TPSA) is 9.23 Å². The fourth-order valence-corrected chi connectivity index (χ4v) is 1.98. The Bertz CT molecular complexity index is 346. The lowest BCUT2D eigenvalue weighted by Gasteiger charge is -2.32. The molecule has 0 aromatic heterocycles. The van der Waals surface area contributed by atoms with Crippen LogP contribution in [0.25, 0.3) is 0 Å². The molecule has 0 bridgehead atoms. The van der Waals surface area contributed by atoms with E-state index in [1.807, 2.05) is 0 Å². The Morgan fingerprint density at radius 1 is 1.00 bits per heavy atom. The highest BCUT2D eigenvalue weighted by atomic mass is 19.4. The molecule has 0 aliphatic carbocycles. The van der Waals surface area contributed by atoms with Crippen molar-refractivity contribution in [3.63, 3.8) is 0 Å². The second kappa shape index (κ2) is 4.59. The summed E-state index contributed by atoms with van der Waals surface area (Å²) in [4.78, 5) is 0. The Morgan fingerprint density at radius 3 is 1.76 bits per heavy atom. The number of alkyl halides is 3. The van der Waals surface area contributed by atoms with Gasteiger partial charge in [-0.3, -0.25) is 0 Å². The number of hydrogen-bond acceptors (Lipinski definition) is 1. The monoisotopic (exact) mass is 246 g/mol. The molecule has 1 nitrogen and oxygen atoms in total. The molecule has 0 saturated carbocycles. The summed E-state index contributed by atoms with van der Waals surface area (Å²) in [5.41, 5.74) is -0.599. The zero-order valence-corrected chi connectivity index (χ0v) is 10.4. The van der Waals surface area contributed by atoms with Gasteiger partial charge in [-0.15, -0.1) is 0 Å². The average molecular weight is 246 g/mol. The van der Waals surface area contributed by atoms with Gasteiger partial charge in [0, 0.05) is 0 Å². The predicted molar refractivity (Wildman–Crippen MR) is 61.2 cm³/mol. The molecular formula is C13H17F3O. The average Bonchev–Trinajstić information content (AvgIpc) is 2.14. The first-order valence-corrected chi connectivity index (χ1v) is 5.37. The second-order valence-corrected chi connectivity index (χ2v) is 5.11. The molecule has 1 atom stereocenters. The molecule has 4 heteroatoms. The number of ether oxygens (including phenoxy) is 1. The highest BCUT2D eigenvalue weighted by molar-refractivity contribution is 5.31. The van der Waals surface area contributed by atoms with Crippen LogP contribution < -0.4 is 4.74 Å². The first-order chi connectivity index (χ1) is 7.66. The highest BCUT2D eigenvalue weighted by Crippen LogP contribution is 2.46. The Kier molecular flexibility index (Phi) is 3.74. The minimum Gasteiger partial charge on any atom is -0.497 e. The minimum absolute atomic E-state index is 0.269. The number of benzene rings is 1. The predicted octanol–water partition coefficient (Wildman–Crippen LogP) is 4.39. The van der Waals surface area contributed by atoms with Gasteiger partial charge in [-0.05, 0) is 23.1 Å². The quantitative estimate of drug-likeness (QED) is 0.752.